The summed E-state index contributed by atoms with van der Waals surface area (Å²) in [6.45, 7) is 5.15. The molecule has 1 aromatic heterocycles. The number of amides is 1. The zero-order valence-electron chi connectivity index (χ0n) is 13.6. The minimum Gasteiger partial charge on any atom is -0.343 e. The van der Waals surface area contributed by atoms with Gasteiger partial charge in [0.1, 0.15) is 11.6 Å². The lowest BCUT2D eigenvalue weighted by Gasteiger charge is -2.23. The van der Waals surface area contributed by atoms with Crippen molar-refractivity contribution in [3.8, 4) is 0 Å². The van der Waals surface area contributed by atoms with Gasteiger partial charge < -0.3 is 10.6 Å². The lowest BCUT2D eigenvalue weighted by Crippen LogP contribution is -2.34. The second kappa shape index (κ2) is 6.68. The first kappa shape index (κ1) is 16.6. The average Bonchev–Trinajstić information content (AvgIpc) is 2.97. The van der Waals surface area contributed by atoms with Gasteiger partial charge in [-0.1, -0.05) is 19.9 Å². The minimum atomic E-state index is -0.667. The van der Waals surface area contributed by atoms with E-state index in [1.165, 1.54) is 12.1 Å². The quantitative estimate of drug-likeness (QED) is 0.804. The van der Waals surface area contributed by atoms with Crippen LogP contribution in [0.25, 0.3) is 0 Å². The Hall–Kier alpha value is -2.28. The highest BCUT2D eigenvalue weighted by atomic mass is 19.1. The number of hydrogen-bond donors (Lipinski definition) is 3. The van der Waals surface area contributed by atoms with E-state index in [-0.39, 0.29) is 17.4 Å². The highest BCUT2D eigenvalue weighted by molar-refractivity contribution is 5.94. The van der Waals surface area contributed by atoms with E-state index >= 15 is 0 Å². The van der Waals surface area contributed by atoms with Crippen molar-refractivity contribution < 1.29 is 13.6 Å². The molecular formula is C17H20F2N4O. The van der Waals surface area contributed by atoms with Crippen molar-refractivity contribution in [3.63, 3.8) is 0 Å². The Morgan fingerprint density at radius 3 is 2.83 bits per heavy atom. The molecule has 24 heavy (non-hydrogen) atoms. The zero-order chi connectivity index (χ0) is 17.3. The molecule has 1 amide bonds. The van der Waals surface area contributed by atoms with Crippen LogP contribution >= 0.6 is 0 Å². The lowest BCUT2D eigenvalue weighted by molar-refractivity contribution is 0.0918. The fourth-order valence-corrected chi connectivity index (χ4v) is 2.98. The first-order valence-electron chi connectivity index (χ1n) is 8.00. The number of nitrogens with one attached hydrogen (secondary N) is 3. The van der Waals surface area contributed by atoms with Crippen LogP contribution in [0.3, 0.4) is 0 Å². The van der Waals surface area contributed by atoms with E-state index in [0.717, 1.165) is 30.3 Å². The number of benzene rings is 1. The van der Waals surface area contributed by atoms with Gasteiger partial charge in [0, 0.05) is 42.4 Å². The maximum atomic E-state index is 14.1. The molecule has 1 aliphatic rings. The highest BCUT2D eigenvalue weighted by Gasteiger charge is 2.26. The normalized spacial score (nSPS) is 15.2. The molecule has 0 saturated carbocycles. The first-order chi connectivity index (χ1) is 11.5. The second-order valence-electron chi connectivity index (χ2n) is 6.32. The Labute approximate surface area is 138 Å². The van der Waals surface area contributed by atoms with Crippen molar-refractivity contribution in [1.29, 1.82) is 0 Å². The average molecular weight is 334 g/mol. The largest absolute Gasteiger partial charge is 0.343 e. The van der Waals surface area contributed by atoms with Crippen LogP contribution in [0.1, 0.15) is 47.2 Å². The summed E-state index contributed by atoms with van der Waals surface area (Å²) >= 11 is 0. The minimum absolute atomic E-state index is 0.0678. The Kier molecular flexibility index (Phi) is 4.62. The molecule has 128 valence electrons. The maximum absolute atomic E-state index is 14.1. The van der Waals surface area contributed by atoms with Gasteiger partial charge in [-0.25, -0.2) is 8.78 Å². The summed E-state index contributed by atoms with van der Waals surface area (Å²) in [5.41, 5.74) is 2.39. The van der Waals surface area contributed by atoms with Gasteiger partial charge in [-0.15, -0.1) is 0 Å². The van der Waals surface area contributed by atoms with Crippen LogP contribution in [0.4, 0.5) is 8.78 Å². The number of aromatic amines is 1. The molecule has 2 aromatic rings. The van der Waals surface area contributed by atoms with Crippen LogP contribution in [-0.4, -0.2) is 22.6 Å². The molecule has 0 bridgehead atoms. The van der Waals surface area contributed by atoms with Gasteiger partial charge in [-0.3, -0.25) is 9.89 Å². The fourth-order valence-electron chi connectivity index (χ4n) is 2.98. The van der Waals surface area contributed by atoms with E-state index in [1.807, 2.05) is 13.8 Å². The molecule has 0 fully saturated rings. The molecule has 1 aliphatic heterocycles. The molecule has 2 heterocycles. The highest BCUT2D eigenvalue weighted by Crippen LogP contribution is 2.26. The van der Waals surface area contributed by atoms with Crippen LogP contribution < -0.4 is 10.6 Å². The Balaban J connectivity index is 1.86. The molecule has 1 unspecified atom stereocenters. The van der Waals surface area contributed by atoms with Crippen LogP contribution in [0.2, 0.25) is 0 Å². The summed E-state index contributed by atoms with van der Waals surface area (Å²) in [6.07, 6.45) is 0.788. The van der Waals surface area contributed by atoms with Crippen molar-refractivity contribution in [2.45, 2.75) is 32.9 Å². The molecule has 0 radical (unpaired) electrons. The van der Waals surface area contributed by atoms with E-state index in [9.17, 15) is 13.6 Å². The molecule has 1 aromatic carbocycles. The van der Waals surface area contributed by atoms with Crippen LogP contribution in [0.15, 0.2) is 18.2 Å². The molecule has 0 saturated heterocycles. The summed E-state index contributed by atoms with van der Waals surface area (Å²) in [4.78, 5) is 12.6. The molecule has 3 N–H and O–H groups in total. The Morgan fingerprint density at radius 1 is 1.33 bits per heavy atom. The SMILES string of the molecule is CC(C)C(NC(=O)c1n[nH]c2c1CNCC2)c1ccc(F)cc1F. The number of aromatic nitrogens is 2. The molecule has 0 aliphatic carbocycles. The standard InChI is InChI=1S/C17H20F2N4O/c1-9(2)15(11-4-3-10(18)7-13(11)19)21-17(24)16-12-8-20-6-5-14(12)22-23-16/h3-4,7,9,15,20H,5-6,8H2,1-2H3,(H,21,24)(H,22,23). The van der Waals surface area contributed by atoms with Gasteiger partial charge >= 0.3 is 0 Å². The predicted molar refractivity (Wildman–Crippen MR) is 85.4 cm³/mol. The Bertz CT molecular complexity index is 757. The molecule has 1 atom stereocenters. The zero-order valence-corrected chi connectivity index (χ0v) is 13.6. The van der Waals surface area contributed by atoms with E-state index in [0.29, 0.717) is 12.2 Å². The van der Waals surface area contributed by atoms with E-state index in [4.69, 9.17) is 0 Å². The first-order valence-corrected chi connectivity index (χ1v) is 8.00. The topological polar surface area (TPSA) is 69.8 Å². The van der Waals surface area contributed by atoms with E-state index < -0.39 is 17.7 Å². The van der Waals surface area contributed by atoms with E-state index in [2.05, 4.69) is 20.8 Å². The second-order valence-corrected chi connectivity index (χ2v) is 6.32. The number of nitrogens with zero attached hydrogens (tertiary/aromatic N) is 1. The van der Waals surface area contributed by atoms with Crippen LogP contribution in [0, 0.1) is 17.6 Å². The fraction of sp³-hybridized carbons (Fsp3) is 0.412. The summed E-state index contributed by atoms with van der Waals surface area (Å²) in [5.74, 6) is -1.74. The molecule has 7 heteroatoms. The molecule has 3 rings (SSSR count). The number of rotatable bonds is 4. The summed E-state index contributed by atoms with van der Waals surface area (Å²) in [6, 6.07) is 2.83. The maximum Gasteiger partial charge on any atom is 0.272 e. The molecule has 5 nitrogen and oxygen atoms in total. The van der Waals surface area contributed by atoms with Crippen molar-refractivity contribution in [1.82, 2.24) is 20.8 Å². The molecule has 0 spiro atoms. The number of fused-ring (bicyclic) bond motifs is 1. The number of carbonyl (C=O) groups is 1. The number of hydrogen-bond acceptors (Lipinski definition) is 3. The van der Waals surface area contributed by atoms with Gasteiger partial charge in [0.2, 0.25) is 0 Å². The van der Waals surface area contributed by atoms with E-state index in [1.54, 1.807) is 0 Å². The van der Waals surface area contributed by atoms with Crippen LogP contribution in [0.5, 0.6) is 0 Å². The van der Waals surface area contributed by atoms with Gasteiger partial charge in [-0.2, -0.15) is 5.10 Å². The molecular weight excluding hydrogens is 314 g/mol. The third kappa shape index (κ3) is 3.17. The third-order valence-electron chi connectivity index (χ3n) is 4.27. The monoisotopic (exact) mass is 334 g/mol. The number of H-pyrrole nitrogens is 1. The van der Waals surface area contributed by atoms with Gasteiger partial charge in [0.25, 0.3) is 5.91 Å². The lowest BCUT2D eigenvalue weighted by atomic mass is 9.95. The van der Waals surface area contributed by atoms with Crippen molar-refractivity contribution in [2.24, 2.45) is 5.92 Å². The number of halogens is 2. The number of carbonyl (C=O) groups excluding carboxylic acids is 1. The van der Waals surface area contributed by atoms with Gasteiger partial charge in [-0.05, 0) is 12.0 Å². The summed E-state index contributed by atoms with van der Waals surface area (Å²) in [7, 11) is 0. The van der Waals surface area contributed by atoms with Gasteiger partial charge in [0.15, 0.2) is 5.69 Å². The van der Waals surface area contributed by atoms with Crippen molar-refractivity contribution in [2.75, 3.05) is 6.54 Å². The van der Waals surface area contributed by atoms with Crippen LogP contribution in [-0.2, 0) is 13.0 Å². The predicted octanol–water partition coefficient (Wildman–Crippen LogP) is 2.46. The smallest absolute Gasteiger partial charge is 0.272 e. The summed E-state index contributed by atoms with van der Waals surface area (Å²) in [5, 5.41) is 13.0. The van der Waals surface area contributed by atoms with Gasteiger partial charge in [0.05, 0.1) is 6.04 Å². The third-order valence-corrected chi connectivity index (χ3v) is 4.27. The summed E-state index contributed by atoms with van der Waals surface area (Å²) < 4.78 is 27.2. The van der Waals surface area contributed by atoms with Crippen molar-refractivity contribution in [3.05, 3.63) is 52.3 Å². The van der Waals surface area contributed by atoms with Crippen molar-refractivity contribution >= 4 is 5.91 Å². The Morgan fingerprint density at radius 2 is 2.12 bits per heavy atom.